The fourth-order valence-corrected chi connectivity index (χ4v) is 1.92. The quantitative estimate of drug-likeness (QED) is 0.865. The summed E-state index contributed by atoms with van der Waals surface area (Å²) in [4.78, 5) is 11.7. The number of fused-ring (bicyclic) bond motifs is 1. The minimum absolute atomic E-state index is 0.215. The van der Waals surface area contributed by atoms with E-state index in [2.05, 4.69) is 16.8 Å². The molecule has 0 radical (unpaired) electrons. The van der Waals surface area contributed by atoms with E-state index < -0.39 is 0 Å². The Labute approximate surface area is 116 Å². The largest absolute Gasteiger partial charge is 0.272 e. The Kier molecular flexibility index (Phi) is 4.25. The van der Waals surface area contributed by atoms with E-state index in [4.69, 9.17) is 0 Å². The maximum absolute atomic E-state index is 12.8. The molecule has 0 amide bonds. The molecule has 1 N–H and O–H groups in total. The van der Waals surface area contributed by atoms with Gasteiger partial charge in [0.2, 0.25) is 0 Å². The second kappa shape index (κ2) is 6.10. The number of rotatable bonds is 4. The number of aromatic amines is 1. The highest BCUT2D eigenvalue weighted by molar-refractivity contribution is 5.83. The summed E-state index contributed by atoms with van der Waals surface area (Å²) in [5, 5.41) is 7.95. The molecule has 0 unspecified atom stereocenters. The van der Waals surface area contributed by atoms with Crippen LogP contribution in [0.25, 0.3) is 10.8 Å². The van der Waals surface area contributed by atoms with Crippen molar-refractivity contribution < 1.29 is 4.39 Å². The lowest BCUT2D eigenvalue weighted by atomic mass is 10.0. The number of aromatic nitrogens is 2. The number of benzene rings is 1. The first kappa shape index (κ1) is 13.9. The summed E-state index contributed by atoms with van der Waals surface area (Å²) in [5.74, 6) is -0.274. The molecule has 0 aliphatic carbocycles. The minimum atomic E-state index is -0.274. The van der Waals surface area contributed by atoms with Crippen molar-refractivity contribution in [1.29, 1.82) is 0 Å². The van der Waals surface area contributed by atoms with Crippen molar-refractivity contribution in [2.45, 2.75) is 13.3 Å². The molecular weight excluding hydrogens is 255 g/mol. The second-order valence-corrected chi connectivity index (χ2v) is 4.42. The fourth-order valence-electron chi connectivity index (χ4n) is 1.92. The number of H-pyrrole nitrogens is 1. The van der Waals surface area contributed by atoms with Gasteiger partial charge >= 0.3 is 0 Å². The smallest absolute Gasteiger partial charge is 0.267 e. The first-order chi connectivity index (χ1) is 9.61. The summed E-state index contributed by atoms with van der Waals surface area (Å²) >= 11 is 0. The van der Waals surface area contributed by atoms with Gasteiger partial charge in [0, 0.05) is 11.8 Å². The van der Waals surface area contributed by atoms with Crippen LogP contribution in [-0.4, -0.2) is 10.2 Å². The van der Waals surface area contributed by atoms with Crippen molar-refractivity contribution in [1.82, 2.24) is 10.2 Å². The van der Waals surface area contributed by atoms with Crippen LogP contribution in [0.4, 0.5) is 4.39 Å². The van der Waals surface area contributed by atoms with E-state index >= 15 is 0 Å². The summed E-state index contributed by atoms with van der Waals surface area (Å²) in [6.07, 6.45) is 5.17. The molecule has 0 aliphatic heterocycles. The van der Waals surface area contributed by atoms with Crippen molar-refractivity contribution in [2.24, 2.45) is 0 Å². The van der Waals surface area contributed by atoms with E-state index in [1.807, 2.05) is 12.1 Å². The first-order valence-electron chi connectivity index (χ1n) is 6.23. The number of hydrogen-bond acceptors (Lipinski definition) is 2. The molecule has 0 aliphatic rings. The number of halogens is 1. The van der Waals surface area contributed by atoms with Crippen molar-refractivity contribution >= 4 is 10.8 Å². The van der Waals surface area contributed by atoms with Gasteiger partial charge in [-0.05, 0) is 24.6 Å². The third-order valence-corrected chi connectivity index (χ3v) is 2.94. The molecule has 2 aromatic rings. The topological polar surface area (TPSA) is 45.8 Å². The van der Waals surface area contributed by atoms with Gasteiger partial charge in [0.05, 0.1) is 16.9 Å². The predicted octanol–water partition coefficient (Wildman–Crippen LogP) is 3.45. The zero-order valence-corrected chi connectivity index (χ0v) is 11.2. The standard InChI is InChI=1S/C16H15FN2O/c1-3-12(9-8-11(2)17)10-15-13-6-4-5-7-14(13)16(20)19-18-15/h3-9H,1,10H2,2H3,(H,19,20)/b11-8+,12-9+. The molecule has 0 fully saturated rings. The predicted molar refractivity (Wildman–Crippen MR) is 79.2 cm³/mol. The van der Waals surface area contributed by atoms with E-state index in [0.717, 1.165) is 16.7 Å². The van der Waals surface area contributed by atoms with Gasteiger partial charge in [0.25, 0.3) is 5.56 Å². The second-order valence-electron chi connectivity index (χ2n) is 4.42. The average Bonchev–Trinajstić information content (AvgIpc) is 2.46. The molecule has 1 aromatic heterocycles. The summed E-state index contributed by atoms with van der Waals surface area (Å²) in [7, 11) is 0. The number of hydrogen-bond donors (Lipinski definition) is 1. The maximum Gasteiger partial charge on any atom is 0.272 e. The number of nitrogens with zero attached hydrogens (tertiary/aromatic N) is 1. The maximum atomic E-state index is 12.8. The van der Waals surface area contributed by atoms with Gasteiger partial charge in [-0.25, -0.2) is 9.49 Å². The van der Waals surface area contributed by atoms with E-state index in [1.54, 1.807) is 24.3 Å². The van der Waals surface area contributed by atoms with Crippen molar-refractivity contribution in [3.05, 3.63) is 76.5 Å². The summed E-state index contributed by atoms with van der Waals surface area (Å²) in [6.45, 7) is 5.09. The van der Waals surface area contributed by atoms with Crippen molar-refractivity contribution in [3.63, 3.8) is 0 Å². The van der Waals surface area contributed by atoms with Crippen LogP contribution >= 0.6 is 0 Å². The van der Waals surface area contributed by atoms with Crippen LogP contribution < -0.4 is 5.56 Å². The fraction of sp³-hybridized carbons (Fsp3) is 0.125. The molecule has 2 rings (SSSR count). The average molecular weight is 270 g/mol. The van der Waals surface area contributed by atoms with Gasteiger partial charge < -0.3 is 0 Å². The molecule has 20 heavy (non-hydrogen) atoms. The van der Waals surface area contributed by atoms with E-state index in [1.165, 1.54) is 13.0 Å². The van der Waals surface area contributed by atoms with Crippen LogP contribution in [0.5, 0.6) is 0 Å². The van der Waals surface area contributed by atoms with Crippen LogP contribution in [0, 0.1) is 0 Å². The third-order valence-electron chi connectivity index (χ3n) is 2.94. The lowest BCUT2D eigenvalue weighted by Gasteiger charge is -2.05. The molecule has 102 valence electrons. The third kappa shape index (κ3) is 3.09. The van der Waals surface area contributed by atoms with E-state index in [-0.39, 0.29) is 11.4 Å². The molecule has 1 heterocycles. The Hall–Kier alpha value is -2.49. The molecule has 3 nitrogen and oxygen atoms in total. The molecule has 1 aromatic carbocycles. The molecule has 0 spiro atoms. The molecule has 0 saturated carbocycles. The van der Waals surface area contributed by atoms with Gasteiger partial charge in [-0.3, -0.25) is 4.79 Å². The van der Waals surface area contributed by atoms with Crippen LogP contribution in [0.3, 0.4) is 0 Å². The number of nitrogens with one attached hydrogen (secondary N) is 1. The molecule has 0 saturated heterocycles. The molecular formula is C16H15FN2O. The van der Waals surface area contributed by atoms with E-state index in [0.29, 0.717) is 11.8 Å². The Morgan fingerprint density at radius 2 is 2.05 bits per heavy atom. The van der Waals surface area contributed by atoms with E-state index in [9.17, 15) is 9.18 Å². The summed E-state index contributed by atoms with van der Waals surface area (Å²) in [6, 6.07) is 7.27. The van der Waals surface area contributed by atoms with Crippen LogP contribution in [0.2, 0.25) is 0 Å². The Morgan fingerprint density at radius 1 is 1.35 bits per heavy atom. The van der Waals surface area contributed by atoms with Gasteiger partial charge in [-0.1, -0.05) is 36.9 Å². The van der Waals surface area contributed by atoms with Gasteiger partial charge in [-0.15, -0.1) is 0 Å². The Balaban J connectivity index is 2.46. The minimum Gasteiger partial charge on any atom is -0.267 e. The summed E-state index contributed by atoms with van der Waals surface area (Å²) in [5.41, 5.74) is 1.34. The van der Waals surface area contributed by atoms with Gasteiger partial charge in [0.15, 0.2) is 0 Å². The van der Waals surface area contributed by atoms with Crippen LogP contribution in [-0.2, 0) is 6.42 Å². The molecule has 0 bridgehead atoms. The SMILES string of the molecule is C=C/C(=C\C=C(/C)F)Cc1n[nH]c(=O)c2ccccc12. The van der Waals surface area contributed by atoms with Crippen molar-refractivity contribution in [2.75, 3.05) is 0 Å². The lowest BCUT2D eigenvalue weighted by Crippen LogP contribution is -2.11. The van der Waals surface area contributed by atoms with Gasteiger partial charge in [0.1, 0.15) is 0 Å². The van der Waals surface area contributed by atoms with Crippen molar-refractivity contribution in [3.8, 4) is 0 Å². The molecule has 4 heteroatoms. The highest BCUT2D eigenvalue weighted by Crippen LogP contribution is 2.16. The number of allylic oxidation sites excluding steroid dienone is 5. The summed E-state index contributed by atoms with van der Waals surface area (Å²) < 4.78 is 12.8. The zero-order valence-electron chi connectivity index (χ0n) is 11.2. The molecule has 0 atom stereocenters. The van der Waals surface area contributed by atoms with Gasteiger partial charge in [-0.2, -0.15) is 5.10 Å². The van der Waals surface area contributed by atoms with Crippen LogP contribution in [0.15, 0.2) is 65.3 Å². The van der Waals surface area contributed by atoms with Crippen LogP contribution in [0.1, 0.15) is 12.6 Å². The lowest BCUT2D eigenvalue weighted by molar-refractivity contribution is 0.640. The highest BCUT2D eigenvalue weighted by Gasteiger charge is 2.06. The Bertz CT molecular complexity index is 752. The monoisotopic (exact) mass is 270 g/mol. The normalized spacial score (nSPS) is 12.7. The highest BCUT2D eigenvalue weighted by atomic mass is 19.1. The Morgan fingerprint density at radius 3 is 2.70 bits per heavy atom. The zero-order chi connectivity index (χ0) is 14.5. The first-order valence-corrected chi connectivity index (χ1v) is 6.23.